The molecule has 1 amide bonds. The molecule has 0 spiro atoms. The average molecular weight is 430 g/mol. The molecule has 0 aliphatic carbocycles. The molecule has 6 nitrogen and oxygen atoms in total. The average Bonchev–Trinajstić information content (AvgIpc) is 2.65. The van der Waals surface area contributed by atoms with Crippen LogP contribution in [0.2, 0.25) is 0 Å². The molecule has 3 N–H and O–H groups in total. The number of carbonyl (C=O) groups excluding carboxylic acids is 1. The Hall–Kier alpha value is -2.00. The van der Waals surface area contributed by atoms with Gasteiger partial charge in [-0.2, -0.15) is 4.72 Å². The smallest absolute Gasteiger partial charge is 0.244 e. The summed E-state index contributed by atoms with van der Waals surface area (Å²) in [5.74, 6) is -1.31. The molecule has 154 valence electrons. The normalized spacial score (nSPS) is 12.1. The van der Waals surface area contributed by atoms with Gasteiger partial charge in [0.05, 0.1) is 0 Å². The van der Waals surface area contributed by atoms with E-state index in [4.69, 9.17) is 0 Å². The third kappa shape index (κ3) is 7.20. The Morgan fingerprint density at radius 2 is 1.68 bits per heavy atom. The Bertz CT molecular complexity index is 851. The van der Waals surface area contributed by atoms with Crippen molar-refractivity contribution in [1.29, 1.82) is 0 Å². The first kappa shape index (κ1) is 24.0. The molecule has 9 heteroatoms. The van der Waals surface area contributed by atoms with Gasteiger partial charge in [-0.05, 0) is 44.1 Å². The second-order valence-electron chi connectivity index (χ2n) is 6.04. The van der Waals surface area contributed by atoms with E-state index in [1.54, 1.807) is 12.1 Å². The highest BCUT2D eigenvalue weighted by Crippen LogP contribution is 2.15. The number of benzene rings is 2. The first-order chi connectivity index (χ1) is 12.9. The topological polar surface area (TPSA) is 87.3 Å². The Morgan fingerprint density at radius 3 is 2.32 bits per heavy atom. The van der Waals surface area contributed by atoms with Crippen molar-refractivity contribution in [3.05, 3.63) is 66.0 Å². The van der Waals surface area contributed by atoms with E-state index in [0.29, 0.717) is 13.0 Å². The van der Waals surface area contributed by atoms with Gasteiger partial charge in [0.2, 0.25) is 15.9 Å². The van der Waals surface area contributed by atoms with Crippen molar-refractivity contribution in [3.63, 3.8) is 0 Å². The molecule has 28 heavy (non-hydrogen) atoms. The van der Waals surface area contributed by atoms with Gasteiger partial charge >= 0.3 is 0 Å². The van der Waals surface area contributed by atoms with Crippen LogP contribution in [0.25, 0.3) is 0 Å². The molecule has 1 unspecified atom stereocenters. The van der Waals surface area contributed by atoms with Crippen LogP contribution in [-0.2, 0) is 21.2 Å². The maximum Gasteiger partial charge on any atom is 0.244 e. The molecule has 0 aliphatic rings. The molecular formula is C19H25ClFN3O3S. The maximum atomic E-state index is 13.9. The fraction of sp³-hybridized carbons (Fsp3) is 0.316. The Kier molecular flexibility index (Phi) is 10.1. The van der Waals surface area contributed by atoms with Crippen molar-refractivity contribution in [1.82, 2.24) is 15.4 Å². The number of amides is 1. The molecule has 0 aliphatic heterocycles. The number of hydrogen-bond acceptors (Lipinski definition) is 4. The molecule has 1 atom stereocenters. The summed E-state index contributed by atoms with van der Waals surface area (Å²) in [4.78, 5) is 12.1. The molecule has 2 rings (SSSR count). The molecule has 2 aromatic carbocycles. The van der Waals surface area contributed by atoms with Gasteiger partial charge in [-0.15, -0.1) is 12.4 Å². The van der Waals surface area contributed by atoms with E-state index in [-0.39, 0.29) is 18.8 Å². The Labute approximate surface area is 171 Å². The van der Waals surface area contributed by atoms with Crippen LogP contribution in [0.15, 0.2) is 59.5 Å². The predicted octanol–water partition coefficient (Wildman–Crippen LogP) is 1.86. The summed E-state index contributed by atoms with van der Waals surface area (Å²) < 4.78 is 41.5. The van der Waals surface area contributed by atoms with Gasteiger partial charge < -0.3 is 10.6 Å². The van der Waals surface area contributed by atoms with E-state index in [1.807, 2.05) is 25.2 Å². The van der Waals surface area contributed by atoms with Crippen molar-refractivity contribution in [2.24, 2.45) is 0 Å². The summed E-state index contributed by atoms with van der Waals surface area (Å²) in [7, 11) is -2.38. The van der Waals surface area contributed by atoms with Crippen LogP contribution < -0.4 is 15.4 Å². The summed E-state index contributed by atoms with van der Waals surface area (Å²) >= 11 is 0. The van der Waals surface area contributed by atoms with E-state index in [2.05, 4.69) is 15.4 Å². The minimum absolute atomic E-state index is 0. The lowest BCUT2D eigenvalue weighted by Crippen LogP contribution is -2.48. The number of carbonyl (C=O) groups is 1. The van der Waals surface area contributed by atoms with Crippen LogP contribution in [0.3, 0.4) is 0 Å². The largest absolute Gasteiger partial charge is 0.355 e. The van der Waals surface area contributed by atoms with Gasteiger partial charge in [-0.25, -0.2) is 12.8 Å². The summed E-state index contributed by atoms with van der Waals surface area (Å²) in [5, 5.41) is 5.70. The fourth-order valence-corrected chi connectivity index (χ4v) is 3.83. The minimum Gasteiger partial charge on any atom is -0.355 e. The monoisotopic (exact) mass is 429 g/mol. The third-order valence-corrected chi connectivity index (χ3v) is 5.43. The molecule has 0 bridgehead atoms. The lowest BCUT2D eigenvalue weighted by molar-refractivity contribution is -0.122. The van der Waals surface area contributed by atoms with Gasteiger partial charge in [0.25, 0.3) is 0 Å². The lowest BCUT2D eigenvalue weighted by atomic mass is 10.1. The van der Waals surface area contributed by atoms with Crippen LogP contribution in [0.4, 0.5) is 4.39 Å². The number of rotatable bonds is 10. The molecule has 0 saturated carbocycles. The third-order valence-electron chi connectivity index (χ3n) is 3.93. The predicted molar refractivity (Wildman–Crippen MR) is 109 cm³/mol. The van der Waals surface area contributed by atoms with E-state index < -0.39 is 32.7 Å². The van der Waals surface area contributed by atoms with Crippen molar-refractivity contribution in [2.45, 2.75) is 23.8 Å². The van der Waals surface area contributed by atoms with Crippen molar-refractivity contribution in [3.8, 4) is 0 Å². The SMILES string of the molecule is CNCCCNC(=O)C(Cc1ccccc1)NS(=O)(=O)c1ccccc1F.Cl. The zero-order valence-corrected chi connectivity index (χ0v) is 17.2. The number of nitrogens with one attached hydrogen (secondary N) is 3. The second-order valence-corrected chi connectivity index (χ2v) is 7.72. The van der Waals surface area contributed by atoms with E-state index in [9.17, 15) is 17.6 Å². The van der Waals surface area contributed by atoms with Crippen LogP contribution in [0.1, 0.15) is 12.0 Å². The van der Waals surface area contributed by atoms with Gasteiger partial charge in [0, 0.05) is 6.54 Å². The van der Waals surface area contributed by atoms with Gasteiger partial charge in [0.1, 0.15) is 16.8 Å². The van der Waals surface area contributed by atoms with Crippen LogP contribution in [0, 0.1) is 5.82 Å². The highest BCUT2D eigenvalue weighted by molar-refractivity contribution is 7.89. The highest BCUT2D eigenvalue weighted by Gasteiger charge is 2.27. The van der Waals surface area contributed by atoms with E-state index >= 15 is 0 Å². The standard InChI is InChI=1S/C19H24FN3O3S.ClH/c1-21-12-7-13-22-19(24)17(14-15-8-3-2-4-9-15)23-27(25,26)18-11-6-5-10-16(18)20;/h2-6,8-11,17,21,23H,7,12-14H2,1H3,(H,22,24);1H. The van der Waals surface area contributed by atoms with Gasteiger partial charge in [-0.1, -0.05) is 42.5 Å². The summed E-state index contributed by atoms with van der Waals surface area (Å²) in [6.07, 6.45) is 0.868. The quantitative estimate of drug-likeness (QED) is 0.503. The molecule has 2 aromatic rings. The van der Waals surface area contributed by atoms with Crippen LogP contribution >= 0.6 is 12.4 Å². The molecule has 0 saturated heterocycles. The second kappa shape index (κ2) is 11.8. The lowest BCUT2D eigenvalue weighted by Gasteiger charge is -2.19. The fourth-order valence-electron chi connectivity index (χ4n) is 2.55. The molecule has 0 radical (unpaired) electrons. The number of hydrogen-bond donors (Lipinski definition) is 3. The molecule has 0 heterocycles. The van der Waals surface area contributed by atoms with Crippen LogP contribution in [0.5, 0.6) is 0 Å². The van der Waals surface area contributed by atoms with Crippen molar-refractivity contribution in [2.75, 3.05) is 20.1 Å². The number of sulfonamides is 1. The zero-order valence-electron chi connectivity index (χ0n) is 15.5. The summed E-state index contributed by atoms with van der Waals surface area (Å²) in [6, 6.07) is 13.1. The molecular weight excluding hydrogens is 405 g/mol. The minimum atomic E-state index is -4.19. The first-order valence-electron chi connectivity index (χ1n) is 8.67. The molecule has 0 aromatic heterocycles. The summed E-state index contributed by atoms with van der Waals surface area (Å²) in [5.41, 5.74) is 0.795. The molecule has 0 fully saturated rings. The maximum absolute atomic E-state index is 13.9. The van der Waals surface area contributed by atoms with Crippen molar-refractivity contribution < 1.29 is 17.6 Å². The van der Waals surface area contributed by atoms with Crippen LogP contribution in [-0.4, -0.2) is 40.5 Å². The number of halogens is 2. The van der Waals surface area contributed by atoms with E-state index in [0.717, 1.165) is 18.2 Å². The summed E-state index contributed by atoms with van der Waals surface area (Å²) in [6.45, 7) is 1.14. The Morgan fingerprint density at radius 1 is 1.04 bits per heavy atom. The van der Waals surface area contributed by atoms with Gasteiger partial charge in [-0.3, -0.25) is 4.79 Å². The van der Waals surface area contributed by atoms with Crippen molar-refractivity contribution >= 4 is 28.3 Å². The highest BCUT2D eigenvalue weighted by atomic mass is 35.5. The van der Waals surface area contributed by atoms with E-state index in [1.165, 1.54) is 18.2 Å². The van der Waals surface area contributed by atoms with Gasteiger partial charge in [0.15, 0.2) is 0 Å². The Balaban J connectivity index is 0.00000392. The zero-order chi connectivity index (χ0) is 19.7. The first-order valence-corrected chi connectivity index (χ1v) is 10.2.